The number of nitrogens with zero attached hydrogens (tertiary/aromatic N) is 2. The molecule has 1 unspecified atom stereocenters. The van der Waals surface area contributed by atoms with Gasteiger partial charge in [0, 0.05) is 47.3 Å². The number of alkyl halides is 1. The lowest BCUT2D eigenvalue weighted by molar-refractivity contribution is 0.173. The lowest BCUT2D eigenvalue weighted by atomic mass is 9.90. The highest BCUT2D eigenvalue weighted by molar-refractivity contribution is 9.10. The van der Waals surface area contributed by atoms with Gasteiger partial charge >= 0.3 is 0 Å². The molecule has 1 atom stereocenters. The topological polar surface area (TPSA) is 28.2 Å². The number of halogens is 2. The molecule has 1 saturated carbocycles. The second kappa shape index (κ2) is 6.96. The van der Waals surface area contributed by atoms with Crippen molar-refractivity contribution in [3.05, 3.63) is 34.9 Å². The number of hydrogen-bond acceptors (Lipinski definition) is 3. The van der Waals surface area contributed by atoms with Crippen molar-refractivity contribution in [3.63, 3.8) is 0 Å². The number of nitrogens with one attached hydrogen (secondary N) is 1. The number of hydrogen-bond donors (Lipinski definition) is 1. The van der Waals surface area contributed by atoms with E-state index in [2.05, 4.69) is 43.3 Å². The summed E-state index contributed by atoms with van der Waals surface area (Å²) < 4.78 is 14.5. The SMILES string of the molecule is FC1CCN(C2CCC(Nc3[c]cnc4ccc(Br)cc34)CC2)C1. The van der Waals surface area contributed by atoms with E-state index in [0.717, 1.165) is 53.3 Å². The van der Waals surface area contributed by atoms with Crippen molar-refractivity contribution in [3.8, 4) is 0 Å². The van der Waals surface area contributed by atoms with Crippen LogP contribution in [0.1, 0.15) is 32.1 Å². The maximum Gasteiger partial charge on any atom is 0.114 e. The Hall–Kier alpha value is -1.20. The van der Waals surface area contributed by atoms with Crippen LogP contribution in [-0.4, -0.2) is 41.2 Å². The molecule has 5 heteroatoms. The summed E-state index contributed by atoms with van der Waals surface area (Å²) in [6.45, 7) is 1.57. The van der Waals surface area contributed by atoms with E-state index in [1.807, 2.05) is 12.1 Å². The molecule has 0 bridgehead atoms. The summed E-state index contributed by atoms with van der Waals surface area (Å²) in [6, 6.07) is 10.4. The van der Waals surface area contributed by atoms with Crippen LogP contribution in [0.25, 0.3) is 10.9 Å². The van der Waals surface area contributed by atoms with Gasteiger partial charge in [-0.2, -0.15) is 0 Å². The molecule has 1 N–H and O–H groups in total. The maximum atomic E-state index is 13.4. The van der Waals surface area contributed by atoms with E-state index in [0.29, 0.717) is 25.0 Å². The molecule has 24 heavy (non-hydrogen) atoms. The molecule has 1 aromatic carbocycles. The fourth-order valence-corrected chi connectivity index (χ4v) is 4.41. The van der Waals surface area contributed by atoms with Gasteiger partial charge in [0.15, 0.2) is 0 Å². The zero-order valence-electron chi connectivity index (χ0n) is 13.6. The number of aromatic nitrogens is 1. The zero-order chi connectivity index (χ0) is 16.5. The third kappa shape index (κ3) is 3.42. The first-order valence-corrected chi connectivity index (χ1v) is 9.59. The van der Waals surface area contributed by atoms with Crippen LogP contribution in [0, 0.1) is 6.07 Å². The number of anilines is 1. The van der Waals surface area contributed by atoms with Gasteiger partial charge in [0.25, 0.3) is 0 Å². The summed E-state index contributed by atoms with van der Waals surface area (Å²) in [5, 5.41) is 4.77. The number of benzene rings is 1. The van der Waals surface area contributed by atoms with Crippen LogP contribution in [-0.2, 0) is 0 Å². The molecule has 0 amide bonds. The molecule has 1 saturated heterocycles. The van der Waals surface area contributed by atoms with Gasteiger partial charge in [-0.15, -0.1) is 0 Å². The average molecular weight is 391 g/mol. The van der Waals surface area contributed by atoms with Crippen LogP contribution >= 0.6 is 15.9 Å². The Morgan fingerprint density at radius 3 is 2.79 bits per heavy atom. The van der Waals surface area contributed by atoms with E-state index in [4.69, 9.17) is 0 Å². The summed E-state index contributed by atoms with van der Waals surface area (Å²) >= 11 is 3.54. The van der Waals surface area contributed by atoms with Crippen LogP contribution in [0.2, 0.25) is 0 Å². The van der Waals surface area contributed by atoms with Gasteiger partial charge in [-0.05, 0) is 50.3 Å². The molecule has 2 aliphatic rings. The Morgan fingerprint density at radius 2 is 2.04 bits per heavy atom. The number of pyridine rings is 1. The van der Waals surface area contributed by atoms with Gasteiger partial charge < -0.3 is 5.32 Å². The molecule has 1 radical (unpaired) electrons. The minimum atomic E-state index is -0.614. The molecule has 2 fully saturated rings. The van der Waals surface area contributed by atoms with Gasteiger partial charge in [0.2, 0.25) is 0 Å². The lowest BCUT2D eigenvalue weighted by Crippen LogP contribution is -2.39. The molecule has 2 aromatic rings. The van der Waals surface area contributed by atoms with Crippen molar-refractivity contribution in [2.45, 2.75) is 50.4 Å². The van der Waals surface area contributed by atoms with Crippen molar-refractivity contribution in [1.29, 1.82) is 0 Å². The van der Waals surface area contributed by atoms with Crippen molar-refractivity contribution in [2.75, 3.05) is 18.4 Å². The van der Waals surface area contributed by atoms with Crippen molar-refractivity contribution in [1.82, 2.24) is 9.88 Å². The summed E-state index contributed by atoms with van der Waals surface area (Å²) in [5.74, 6) is 0. The van der Waals surface area contributed by atoms with E-state index in [1.54, 1.807) is 6.20 Å². The molecule has 4 rings (SSSR count). The first-order chi connectivity index (χ1) is 11.7. The van der Waals surface area contributed by atoms with Crippen LogP contribution < -0.4 is 5.32 Å². The van der Waals surface area contributed by atoms with Gasteiger partial charge in [0.05, 0.1) is 11.2 Å². The predicted octanol–water partition coefficient (Wildman–Crippen LogP) is 4.56. The Labute approximate surface area is 150 Å². The van der Waals surface area contributed by atoms with Crippen molar-refractivity contribution >= 4 is 32.5 Å². The number of rotatable bonds is 3. The van der Waals surface area contributed by atoms with Crippen LogP contribution in [0.3, 0.4) is 0 Å². The molecular formula is C19H22BrFN3. The highest BCUT2D eigenvalue weighted by atomic mass is 79.9. The Bertz CT molecular complexity index is 715. The summed E-state index contributed by atoms with van der Waals surface area (Å²) in [5.41, 5.74) is 2.02. The molecule has 1 aliphatic carbocycles. The van der Waals surface area contributed by atoms with Gasteiger partial charge in [-0.1, -0.05) is 15.9 Å². The standard InChI is InChI=1S/C19H22BrFN3/c20-13-1-6-18-17(11-13)19(7-9-22-18)23-15-2-4-16(5-3-15)24-10-8-14(21)12-24/h1,6,9,11,14-16H,2-5,8,10,12H2,(H,22,23). The highest BCUT2D eigenvalue weighted by Crippen LogP contribution is 2.31. The largest absolute Gasteiger partial charge is 0.381 e. The zero-order valence-corrected chi connectivity index (χ0v) is 15.2. The quantitative estimate of drug-likeness (QED) is 0.831. The second-order valence-electron chi connectivity index (χ2n) is 6.97. The van der Waals surface area contributed by atoms with E-state index >= 15 is 0 Å². The molecule has 0 spiro atoms. The summed E-state index contributed by atoms with van der Waals surface area (Å²) in [4.78, 5) is 6.74. The Morgan fingerprint density at radius 1 is 1.21 bits per heavy atom. The molecule has 127 valence electrons. The number of likely N-dealkylation sites (tertiary alicyclic amines) is 1. The van der Waals surface area contributed by atoms with Crippen LogP contribution in [0.5, 0.6) is 0 Å². The minimum Gasteiger partial charge on any atom is -0.381 e. The minimum absolute atomic E-state index is 0.464. The second-order valence-corrected chi connectivity index (χ2v) is 7.89. The van der Waals surface area contributed by atoms with Gasteiger partial charge in [-0.3, -0.25) is 9.88 Å². The van der Waals surface area contributed by atoms with E-state index in [1.165, 1.54) is 0 Å². The third-order valence-electron chi connectivity index (χ3n) is 5.36. The van der Waals surface area contributed by atoms with Gasteiger partial charge in [-0.25, -0.2) is 4.39 Å². The average Bonchev–Trinajstić information content (AvgIpc) is 3.03. The van der Waals surface area contributed by atoms with Crippen LogP contribution in [0.4, 0.5) is 10.1 Å². The fraction of sp³-hybridized carbons (Fsp3) is 0.526. The highest BCUT2D eigenvalue weighted by Gasteiger charge is 2.31. The van der Waals surface area contributed by atoms with E-state index in [-0.39, 0.29) is 0 Å². The smallest absolute Gasteiger partial charge is 0.114 e. The molecule has 1 aromatic heterocycles. The molecule has 2 heterocycles. The van der Waals surface area contributed by atoms with Gasteiger partial charge in [0.1, 0.15) is 6.17 Å². The first-order valence-electron chi connectivity index (χ1n) is 8.79. The Kier molecular flexibility index (Phi) is 4.72. The molecule has 1 aliphatic heterocycles. The monoisotopic (exact) mass is 390 g/mol. The molecule has 3 nitrogen and oxygen atoms in total. The summed E-state index contributed by atoms with van der Waals surface area (Å²) in [6.07, 6.45) is 6.40. The van der Waals surface area contributed by atoms with Crippen molar-refractivity contribution in [2.24, 2.45) is 0 Å². The predicted molar refractivity (Wildman–Crippen MR) is 99.0 cm³/mol. The Balaban J connectivity index is 1.41. The van der Waals surface area contributed by atoms with E-state index < -0.39 is 6.17 Å². The fourth-order valence-electron chi connectivity index (χ4n) is 4.05. The normalized spacial score (nSPS) is 28.3. The maximum absolute atomic E-state index is 13.4. The lowest BCUT2D eigenvalue weighted by Gasteiger charge is -2.35. The summed E-state index contributed by atoms with van der Waals surface area (Å²) in [7, 11) is 0. The van der Waals surface area contributed by atoms with Crippen LogP contribution in [0.15, 0.2) is 28.9 Å². The first kappa shape index (κ1) is 16.3. The molecular weight excluding hydrogens is 369 g/mol. The van der Waals surface area contributed by atoms with Crippen molar-refractivity contribution < 1.29 is 4.39 Å². The van der Waals surface area contributed by atoms with E-state index in [9.17, 15) is 4.39 Å². The number of fused-ring (bicyclic) bond motifs is 1. The third-order valence-corrected chi connectivity index (χ3v) is 5.86.